The summed E-state index contributed by atoms with van der Waals surface area (Å²) in [5, 5.41) is 3.70. The zero-order chi connectivity index (χ0) is 13.0. The highest BCUT2D eigenvalue weighted by Crippen LogP contribution is 2.22. The smallest absolute Gasteiger partial charge is 0.341 e. The van der Waals surface area contributed by atoms with Crippen LogP contribution in [0.2, 0.25) is 5.02 Å². The van der Waals surface area contributed by atoms with Crippen molar-refractivity contribution < 1.29 is 9.53 Å². The largest absolute Gasteiger partial charge is 0.462 e. The highest BCUT2D eigenvalue weighted by Gasteiger charge is 2.21. The van der Waals surface area contributed by atoms with Crippen LogP contribution in [0.25, 0.3) is 0 Å². The lowest BCUT2D eigenvalue weighted by Gasteiger charge is -2.29. The molecule has 2 heterocycles. The van der Waals surface area contributed by atoms with Gasteiger partial charge in [-0.2, -0.15) is 0 Å². The van der Waals surface area contributed by atoms with Crippen molar-refractivity contribution in [3.05, 3.63) is 22.8 Å². The predicted octanol–water partition coefficient (Wildman–Crippen LogP) is 1.32. The molecular weight excluding hydrogens is 254 g/mol. The minimum Gasteiger partial charge on any atom is -0.462 e. The molecule has 1 fully saturated rings. The van der Waals surface area contributed by atoms with Gasteiger partial charge in [0.1, 0.15) is 11.4 Å². The van der Waals surface area contributed by atoms with Crippen molar-refractivity contribution in [3.8, 4) is 0 Å². The minimum absolute atomic E-state index is 0.340. The summed E-state index contributed by atoms with van der Waals surface area (Å²) in [5.41, 5.74) is 0.436. The van der Waals surface area contributed by atoms with Gasteiger partial charge in [-0.25, -0.2) is 9.78 Å². The van der Waals surface area contributed by atoms with Crippen LogP contribution in [0.5, 0.6) is 0 Å². The number of nitrogens with zero attached hydrogens (tertiary/aromatic N) is 2. The number of nitrogens with one attached hydrogen (secondary N) is 1. The molecule has 1 aromatic rings. The van der Waals surface area contributed by atoms with Gasteiger partial charge in [0.15, 0.2) is 0 Å². The van der Waals surface area contributed by atoms with E-state index in [-0.39, 0.29) is 5.97 Å². The fourth-order valence-corrected chi connectivity index (χ4v) is 2.08. The zero-order valence-electron chi connectivity index (χ0n) is 10.3. The summed E-state index contributed by atoms with van der Waals surface area (Å²) in [6, 6.07) is 1.61. The number of anilines is 1. The Morgan fingerprint density at radius 1 is 1.56 bits per heavy atom. The lowest BCUT2D eigenvalue weighted by molar-refractivity contribution is 0.0526. The molecule has 0 aliphatic carbocycles. The second-order valence-electron chi connectivity index (χ2n) is 3.98. The lowest BCUT2D eigenvalue weighted by Crippen LogP contribution is -2.44. The van der Waals surface area contributed by atoms with Crippen molar-refractivity contribution in [1.29, 1.82) is 0 Å². The van der Waals surface area contributed by atoms with Crippen molar-refractivity contribution in [3.63, 3.8) is 0 Å². The molecule has 0 aromatic carbocycles. The van der Waals surface area contributed by atoms with Gasteiger partial charge in [-0.3, -0.25) is 0 Å². The number of hydrogen-bond donors (Lipinski definition) is 1. The molecule has 5 nitrogen and oxygen atoms in total. The Labute approximate surface area is 111 Å². The quantitative estimate of drug-likeness (QED) is 0.839. The molecule has 1 aliphatic heterocycles. The van der Waals surface area contributed by atoms with E-state index in [0.29, 0.717) is 23.0 Å². The van der Waals surface area contributed by atoms with Crippen molar-refractivity contribution in [2.75, 3.05) is 37.7 Å². The fraction of sp³-hybridized carbons (Fsp3) is 0.500. The van der Waals surface area contributed by atoms with E-state index in [2.05, 4.69) is 15.2 Å². The van der Waals surface area contributed by atoms with E-state index >= 15 is 0 Å². The molecule has 0 atom stereocenters. The molecule has 1 N–H and O–H groups in total. The Morgan fingerprint density at radius 2 is 2.28 bits per heavy atom. The van der Waals surface area contributed by atoms with Crippen molar-refractivity contribution in [1.82, 2.24) is 10.3 Å². The van der Waals surface area contributed by atoms with Gasteiger partial charge in [0.2, 0.25) is 0 Å². The van der Waals surface area contributed by atoms with E-state index in [9.17, 15) is 4.79 Å². The first-order valence-electron chi connectivity index (χ1n) is 6.00. The van der Waals surface area contributed by atoms with Crippen molar-refractivity contribution >= 4 is 23.4 Å². The predicted molar refractivity (Wildman–Crippen MR) is 70.3 cm³/mol. The summed E-state index contributed by atoms with van der Waals surface area (Å²) in [5.74, 6) is 0.278. The second kappa shape index (κ2) is 6.02. The first-order chi connectivity index (χ1) is 8.72. The average molecular weight is 270 g/mol. The fourth-order valence-electron chi connectivity index (χ4n) is 1.92. The van der Waals surface area contributed by atoms with Crippen molar-refractivity contribution in [2.45, 2.75) is 6.92 Å². The van der Waals surface area contributed by atoms with Gasteiger partial charge in [-0.15, -0.1) is 0 Å². The second-order valence-corrected chi connectivity index (χ2v) is 4.42. The number of rotatable bonds is 3. The van der Waals surface area contributed by atoms with Gasteiger partial charge in [0.25, 0.3) is 0 Å². The van der Waals surface area contributed by atoms with Crippen LogP contribution < -0.4 is 10.2 Å². The lowest BCUT2D eigenvalue weighted by atomic mass is 10.2. The highest BCUT2D eigenvalue weighted by molar-refractivity contribution is 6.30. The van der Waals surface area contributed by atoms with E-state index in [4.69, 9.17) is 16.3 Å². The maximum absolute atomic E-state index is 11.9. The normalized spacial score (nSPS) is 15.6. The molecule has 0 saturated carbocycles. The number of hydrogen-bond acceptors (Lipinski definition) is 5. The Kier molecular flexibility index (Phi) is 4.38. The van der Waals surface area contributed by atoms with Crippen LogP contribution in [0, 0.1) is 0 Å². The molecule has 0 radical (unpaired) electrons. The third-order valence-electron chi connectivity index (χ3n) is 2.75. The summed E-state index contributed by atoms with van der Waals surface area (Å²) < 4.78 is 5.03. The molecule has 0 spiro atoms. The van der Waals surface area contributed by atoms with Crippen molar-refractivity contribution in [2.24, 2.45) is 0 Å². The third kappa shape index (κ3) is 2.91. The highest BCUT2D eigenvalue weighted by atomic mass is 35.5. The van der Waals surface area contributed by atoms with Gasteiger partial charge in [0.05, 0.1) is 11.6 Å². The van der Waals surface area contributed by atoms with E-state index in [1.54, 1.807) is 19.2 Å². The number of esters is 1. The molecule has 0 unspecified atom stereocenters. The van der Waals surface area contributed by atoms with E-state index in [0.717, 1.165) is 26.2 Å². The van der Waals surface area contributed by atoms with Gasteiger partial charge in [-0.05, 0) is 13.0 Å². The first-order valence-corrected chi connectivity index (χ1v) is 6.38. The molecule has 0 bridgehead atoms. The summed E-state index contributed by atoms with van der Waals surface area (Å²) in [6.07, 6.45) is 1.56. The van der Waals surface area contributed by atoms with Crippen LogP contribution in [0.15, 0.2) is 12.3 Å². The number of carbonyl (C=O) groups excluding carboxylic acids is 1. The number of ether oxygens (including phenoxy) is 1. The number of halogens is 1. The topological polar surface area (TPSA) is 54.5 Å². The maximum Gasteiger partial charge on any atom is 0.341 e. The molecule has 18 heavy (non-hydrogen) atoms. The number of pyridine rings is 1. The number of piperazine rings is 1. The number of carbonyl (C=O) groups is 1. The van der Waals surface area contributed by atoms with Crippen LogP contribution in [0.4, 0.5) is 5.82 Å². The summed E-state index contributed by atoms with van der Waals surface area (Å²) >= 11 is 5.90. The number of aromatic nitrogens is 1. The Bertz CT molecular complexity index is 433. The van der Waals surface area contributed by atoms with Gasteiger partial charge in [0, 0.05) is 32.4 Å². The van der Waals surface area contributed by atoms with E-state index in [1.165, 1.54) is 0 Å². The Balaban J connectivity index is 2.30. The SMILES string of the molecule is CCOC(=O)c1cc(Cl)cnc1N1CCNCC1. The molecule has 0 amide bonds. The van der Waals surface area contributed by atoms with E-state index < -0.39 is 0 Å². The molecular formula is C12H16ClN3O2. The van der Waals surface area contributed by atoms with E-state index in [1.807, 2.05) is 0 Å². The van der Waals surface area contributed by atoms with Crippen LogP contribution in [0.3, 0.4) is 0 Å². The molecule has 2 rings (SSSR count). The average Bonchev–Trinajstić information content (AvgIpc) is 2.40. The molecule has 1 saturated heterocycles. The van der Waals surface area contributed by atoms with Gasteiger partial charge < -0.3 is 15.0 Å². The Hall–Kier alpha value is -1.33. The third-order valence-corrected chi connectivity index (χ3v) is 2.95. The minimum atomic E-state index is -0.374. The molecule has 6 heteroatoms. The molecule has 1 aliphatic rings. The maximum atomic E-state index is 11.9. The zero-order valence-corrected chi connectivity index (χ0v) is 11.0. The first kappa shape index (κ1) is 13.1. The summed E-state index contributed by atoms with van der Waals surface area (Å²) in [7, 11) is 0. The van der Waals surface area contributed by atoms with Crippen LogP contribution in [-0.2, 0) is 4.74 Å². The van der Waals surface area contributed by atoms with Crippen LogP contribution in [0.1, 0.15) is 17.3 Å². The Morgan fingerprint density at radius 3 is 2.94 bits per heavy atom. The summed E-state index contributed by atoms with van der Waals surface area (Å²) in [6.45, 7) is 5.52. The molecule has 98 valence electrons. The molecule has 1 aromatic heterocycles. The standard InChI is InChI=1S/C12H16ClN3O2/c1-2-18-12(17)10-7-9(13)8-15-11(10)16-5-3-14-4-6-16/h7-8,14H,2-6H2,1H3. The van der Waals surface area contributed by atoms with Crippen LogP contribution in [-0.4, -0.2) is 43.7 Å². The summed E-state index contributed by atoms with van der Waals surface area (Å²) in [4.78, 5) is 18.2. The van der Waals surface area contributed by atoms with Crippen LogP contribution >= 0.6 is 11.6 Å². The van der Waals surface area contributed by atoms with Gasteiger partial charge in [-0.1, -0.05) is 11.6 Å². The monoisotopic (exact) mass is 269 g/mol. The van der Waals surface area contributed by atoms with Gasteiger partial charge >= 0.3 is 5.97 Å².